The maximum atomic E-state index is 13.3. The Morgan fingerprint density at radius 1 is 1.00 bits per heavy atom. The van der Waals surface area contributed by atoms with E-state index in [1.807, 2.05) is 0 Å². The summed E-state index contributed by atoms with van der Waals surface area (Å²) in [6.07, 6.45) is 0.128. The number of dihydropyridines is 1. The van der Waals surface area contributed by atoms with Crippen LogP contribution in [-0.2, 0) is 28.9 Å². The average molecular weight is 599 g/mol. The van der Waals surface area contributed by atoms with Gasteiger partial charge in [0.15, 0.2) is 0 Å². The van der Waals surface area contributed by atoms with E-state index in [1.165, 1.54) is 37.4 Å². The smallest absolute Gasteiger partial charge is 0.336 e. The Hall–Kier alpha value is -5.05. The Labute approximate surface area is 240 Å². The SMILES string of the molecule is COC(=O)C1=C(C)NC(C)=C(C(=O)OCCCOc2nonc2S(=O)(=O)c2ccccc2)C1c1cccc([N+](=O)[O-])c1. The monoisotopic (exact) mass is 598 g/mol. The van der Waals surface area contributed by atoms with E-state index >= 15 is 0 Å². The lowest BCUT2D eigenvalue weighted by Gasteiger charge is -2.30. The van der Waals surface area contributed by atoms with Gasteiger partial charge in [-0.25, -0.2) is 22.6 Å². The van der Waals surface area contributed by atoms with E-state index in [2.05, 4.69) is 20.3 Å². The van der Waals surface area contributed by atoms with Gasteiger partial charge in [0.1, 0.15) is 0 Å². The molecule has 2 aromatic carbocycles. The van der Waals surface area contributed by atoms with Gasteiger partial charge < -0.3 is 19.5 Å². The molecule has 1 atom stereocenters. The zero-order valence-electron chi connectivity index (χ0n) is 22.7. The molecule has 0 radical (unpaired) electrons. The van der Waals surface area contributed by atoms with Crippen LogP contribution in [0.4, 0.5) is 5.69 Å². The van der Waals surface area contributed by atoms with Crippen molar-refractivity contribution in [3.05, 3.63) is 92.8 Å². The van der Waals surface area contributed by atoms with Gasteiger partial charge >= 0.3 is 11.9 Å². The second-order valence-electron chi connectivity index (χ2n) is 9.01. The normalized spacial score (nSPS) is 15.2. The molecule has 0 saturated heterocycles. The molecule has 1 aromatic heterocycles. The highest BCUT2D eigenvalue weighted by atomic mass is 32.2. The molecule has 3 aromatic rings. The van der Waals surface area contributed by atoms with Crippen LogP contribution in [0.25, 0.3) is 0 Å². The number of hydrogen-bond acceptors (Lipinski definition) is 13. The minimum Gasteiger partial charge on any atom is -0.473 e. The van der Waals surface area contributed by atoms with Crippen LogP contribution in [0.1, 0.15) is 31.7 Å². The number of allylic oxidation sites excluding steroid dienone is 2. The number of sulfone groups is 1. The first-order valence-electron chi connectivity index (χ1n) is 12.5. The van der Waals surface area contributed by atoms with Crippen LogP contribution in [0, 0.1) is 10.1 Å². The van der Waals surface area contributed by atoms with Crippen LogP contribution >= 0.6 is 0 Å². The summed E-state index contributed by atoms with van der Waals surface area (Å²) in [6.45, 7) is 2.99. The van der Waals surface area contributed by atoms with E-state index in [0.29, 0.717) is 17.0 Å². The fraction of sp³-hybridized carbons (Fsp3) is 0.259. The average Bonchev–Trinajstić information content (AvgIpc) is 3.46. The Morgan fingerprint density at radius 2 is 1.69 bits per heavy atom. The van der Waals surface area contributed by atoms with Gasteiger partial charge in [-0.15, -0.1) is 0 Å². The molecule has 0 spiro atoms. The van der Waals surface area contributed by atoms with Gasteiger partial charge in [0.05, 0.1) is 47.2 Å². The second-order valence-corrected chi connectivity index (χ2v) is 10.9. The van der Waals surface area contributed by atoms with Crippen molar-refractivity contribution in [2.45, 2.75) is 36.1 Å². The number of aromatic nitrogens is 2. The molecule has 1 aliphatic heterocycles. The topological polar surface area (TPSA) is 190 Å². The standard InChI is InChI=1S/C27H26N4O10S/c1-16-21(26(32)38-3)23(18-9-7-10-19(15-18)31(34)35)22(17(2)28-16)27(33)40-14-8-13-39-24-25(30-41-29-24)42(36,37)20-11-5-4-6-12-20/h4-7,9-12,15,23,28H,8,13-14H2,1-3H3. The van der Waals surface area contributed by atoms with E-state index in [0.717, 1.165) is 0 Å². The van der Waals surface area contributed by atoms with Crippen LogP contribution < -0.4 is 10.1 Å². The van der Waals surface area contributed by atoms with Gasteiger partial charge in [0.2, 0.25) is 9.84 Å². The predicted octanol–water partition coefficient (Wildman–Crippen LogP) is 3.23. The number of benzene rings is 2. The maximum absolute atomic E-state index is 13.3. The summed E-state index contributed by atoms with van der Waals surface area (Å²) < 4.78 is 46.1. The Bertz CT molecular complexity index is 1680. The van der Waals surface area contributed by atoms with E-state index in [4.69, 9.17) is 14.2 Å². The number of esters is 2. The molecule has 0 fully saturated rings. The van der Waals surface area contributed by atoms with Crippen LogP contribution in [-0.4, -0.2) is 55.9 Å². The highest BCUT2D eigenvalue weighted by molar-refractivity contribution is 7.91. The fourth-order valence-corrected chi connectivity index (χ4v) is 5.60. The molecule has 0 saturated carbocycles. The molecule has 14 nitrogen and oxygen atoms in total. The highest BCUT2D eigenvalue weighted by Crippen LogP contribution is 2.40. The lowest BCUT2D eigenvalue weighted by molar-refractivity contribution is -0.384. The van der Waals surface area contributed by atoms with Crippen LogP contribution in [0.2, 0.25) is 0 Å². The molecule has 0 amide bonds. The van der Waals surface area contributed by atoms with Gasteiger partial charge in [-0.1, -0.05) is 30.3 Å². The molecular formula is C27H26N4O10S. The largest absolute Gasteiger partial charge is 0.473 e. The van der Waals surface area contributed by atoms with Crippen molar-refractivity contribution < 1.29 is 41.8 Å². The van der Waals surface area contributed by atoms with E-state index in [-0.39, 0.29) is 47.2 Å². The van der Waals surface area contributed by atoms with E-state index in [9.17, 15) is 28.1 Å². The van der Waals surface area contributed by atoms with Gasteiger partial charge in [-0.2, -0.15) is 0 Å². The molecule has 2 heterocycles. The number of nitro groups is 1. The second kappa shape index (κ2) is 12.6. The molecule has 0 aliphatic carbocycles. The maximum Gasteiger partial charge on any atom is 0.336 e. The van der Waals surface area contributed by atoms with Crippen molar-refractivity contribution in [1.82, 2.24) is 15.6 Å². The third kappa shape index (κ3) is 6.15. The third-order valence-electron chi connectivity index (χ3n) is 6.30. The zero-order chi connectivity index (χ0) is 30.4. The van der Waals surface area contributed by atoms with Crippen LogP contribution in [0.5, 0.6) is 5.88 Å². The number of carbonyl (C=O) groups is 2. The van der Waals surface area contributed by atoms with Crippen LogP contribution in [0.15, 0.2) is 91.7 Å². The number of carbonyl (C=O) groups excluding carboxylic acids is 2. The van der Waals surface area contributed by atoms with E-state index < -0.39 is 37.6 Å². The molecule has 15 heteroatoms. The molecule has 1 aliphatic rings. The van der Waals surface area contributed by atoms with Crippen molar-refractivity contribution in [3.63, 3.8) is 0 Å². The van der Waals surface area contributed by atoms with E-state index in [1.54, 1.807) is 38.1 Å². The Morgan fingerprint density at radius 3 is 2.36 bits per heavy atom. The summed E-state index contributed by atoms with van der Waals surface area (Å²) in [6, 6.07) is 13.2. The van der Waals surface area contributed by atoms with Gasteiger partial charge in [0, 0.05) is 29.9 Å². The van der Waals surface area contributed by atoms with Crippen molar-refractivity contribution in [2.75, 3.05) is 20.3 Å². The molecule has 42 heavy (non-hydrogen) atoms. The minimum atomic E-state index is -4.04. The van der Waals surface area contributed by atoms with Crippen molar-refractivity contribution >= 4 is 27.5 Å². The molecule has 220 valence electrons. The number of nitro benzene ring substituents is 1. The number of rotatable bonds is 11. The number of methoxy groups -OCH3 is 1. The number of nitrogens with zero attached hydrogens (tertiary/aromatic N) is 3. The van der Waals surface area contributed by atoms with Gasteiger partial charge in [-0.05, 0) is 41.9 Å². The quantitative estimate of drug-likeness (QED) is 0.147. The first-order valence-corrected chi connectivity index (χ1v) is 14.0. The van der Waals surface area contributed by atoms with Crippen LogP contribution in [0.3, 0.4) is 0 Å². The van der Waals surface area contributed by atoms with Gasteiger partial charge in [0.25, 0.3) is 16.6 Å². The summed E-state index contributed by atoms with van der Waals surface area (Å²) >= 11 is 0. The molecule has 1 N–H and O–H groups in total. The van der Waals surface area contributed by atoms with Crippen molar-refractivity contribution in [3.8, 4) is 5.88 Å². The Kier molecular flexibility index (Phi) is 9.00. The van der Waals surface area contributed by atoms with Crippen molar-refractivity contribution in [2.24, 2.45) is 0 Å². The first-order chi connectivity index (χ1) is 20.1. The summed E-state index contributed by atoms with van der Waals surface area (Å²) in [7, 11) is -2.85. The van der Waals surface area contributed by atoms with Crippen molar-refractivity contribution in [1.29, 1.82) is 0 Å². The summed E-state index contributed by atoms with van der Waals surface area (Å²) in [5.41, 5.74) is 1.09. The molecule has 0 bridgehead atoms. The molecule has 4 rings (SSSR count). The first kappa shape index (κ1) is 29.9. The third-order valence-corrected chi connectivity index (χ3v) is 7.95. The lowest BCUT2D eigenvalue weighted by Crippen LogP contribution is -2.32. The number of nitrogens with one attached hydrogen (secondary N) is 1. The fourth-order valence-electron chi connectivity index (χ4n) is 4.40. The minimum absolute atomic E-state index is 0.0156. The number of ether oxygens (including phenoxy) is 3. The lowest BCUT2D eigenvalue weighted by atomic mass is 9.80. The number of non-ortho nitro benzene ring substituents is 1. The summed E-state index contributed by atoms with van der Waals surface area (Å²) in [5, 5.41) is 20.9. The summed E-state index contributed by atoms with van der Waals surface area (Å²) in [4.78, 5) is 36.9. The zero-order valence-corrected chi connectivity index (χ0v) is 23.5. The molecular weight excluding hydrogens is 572 g/mol. The number of hydrogen-bond donors (Lipinski definition) is 1. The molecule has 1 unspecified atom stereocenters. The summed E-state index contributed by atoms with van der Waals surface area (Å²) in [5.74, 6) is -2.84. The predicted molar refractivity (Wildman–Crippen MR) is 144 cm³/mol. The highest BCUT2D eigenvalue weighted by Gasteiger charge is 2.38. The van der Waals surface area contributed by atoms with Gasteiger partial charge in [-0.3, -0.25) is 10.1 Å². The Balaban J connectivity index is 1.47.